The topological polar surface area (TPSA) is 46.6 Å². The summed E-state index contributed by atoms with van der Waals surface area (Å²) in [5.41, 5.74) is 1.81. The number of amides is 1. The van der Waals surface area contributed by atoms with Gasteiger partial charge in [0.05, 0.1) is 24.2 Å². The van der Waals surface area contributed by atoms with Crippen LogP contribution in [-0.4, -0.2) is 30.2 Å². The van der Waals surface area contributed by atoms with Crippen molar-refractivity contribution in [3.63, 3.8) is 0 Å². The largest absolute Gasteiger partial charge is 0.494 e. The summed E-state index contributed by atoms with van der Waals surface area (Å²) in [5.74, 6) is 0.328. The van der Waals surface area contributed by atoms with Crippen molar-refractivity contribution in [2.24, 2.45) is 0 Å². The minimum Gasteiger partial charge on any atom is -0.494 e. The highest BCUT2D eigenvalue weighted by Crippen LogP contribution is 2.49. The maximum absolute atomic E-state index is 12.3. The normalized spacial score (nSPS) is 19.5. The number of carbonyl (C=O) groups excluding carboxylic acids is 2. The number of hydrogen-bond acceptors (Lipinski definition) is 3. The third kappa shape index (κ3) is 2.60. The number of ketones is 1. The van der Waals surface area contributed by atoms with E-state index in [1.807, 2.05) is 19.9 Å². The molecule has 1 aromatic rings. The van der Waals surface area contributed by atoms with Gasteiger partial charge in [-0.2, -0.15) is 0 Å². The van der Waals surface area contributed by atoms with Gasteiger partial charge in [0.1, 0.15) is 0 Å². The summed E-state index contributed by atoms with van der Waals surface area (Å²) in [4.78, 5) is 26.1. The molecule has 1 amide bonds. The molecule has 0 saturated carbocycles. The van der Waals surface area contributed by atoms with Gasteiger partial charge in [-0.1, -0.05) is 13.0 Å². The molecule has 120 valence electrons. The fraction of sp³-hybridized carbons (Fsp3) is 0.529. The number of hydrogen-bond donors (Lipinski definition) is 0. The number of nitrogens with zero attached hydrogens (tertiary/aromatic N) is 1. The molecular formula is C17H22ClNO3. The Morgan fingerprint density at radius 2 is 2.05 bits per heavy atom. The van der Waals surface area contributed by atoms with Crippen LogP contribution in [0.2, 0.25) is 0 Å². The Kier molecular flexibility index (Phi) is 4.52. The molecule has 0 aliphatic carbocycles. The molecule has 1 aliphatic rings. The van der Waals surface area contributed by atoms with Crippen LogP contribution in [0.5, 0.6) is 5.75 Å². The summed E-state index contributed by atoms with van der Waals surface area (Å²) in [6.45, 7) is 7.73. The summed E-state index contributed by atoms with van der Waals surface area (Å²) in [5, 5.41) is 0. The molecule has 1 aliphatic heterocycles. The molecule has 5 heteroatoms. The highest BCUT2D eigenvalue weighted by molar-refractivity contribution is 6.31. The number of fused-ring (bicyclic) bond motifs is 1. The second kappa shape index (κ2) is 5.92. The maximum Gasteiger partial charge on any atom is 0.224 e. The van der Waals surface area contributed by atoms with E-state index >= 15 is 0 Å². The Bertz CT molecular complexity index is 625. The zero-order chi connectivity index (χ0) is 16.7. The van der Waals surface area contributed by atoms with Gasteiger partial charge < -0.3 is 9.64 Å². The Labute approximate surface area is 136 Å². The number of ether oxygens (including phenoxy) is 1. The number of benzene rings is 1. The molecule has 2 rings (SSSR count). The van der Waals surface area contributed by atoms with Crippen molar-refractivity contribution in [1.82, 2.24) is 0 Å². The molecule has 4 nitrogen and oxygen atoms in total. The van der Waals surface area contributed by atoms with Gasteiger partial charge in [-0.3, -0.25) is 9.59 Å². The van der Waals surface area contributed by atoms with Crippen LogP contribution in [0.3, 0.4) is 0 Å². The van der Waals surface area contributed by atoms with Crippen LogP contribution in [0.1, 0.15) is 56.0 Å². The zero-order valence-electron chi connectivity index (χ0n) is 13.7. The second-order valence-corrected chi connectivity index (χ2v) is 6.68. The van der Waals surface area contributed by atoms with Gasteiger partial charge in [-0.05, 0) is 37.8 Å². The summed E-state index contributed by atoms with van der Waals surface area (Å²) < 4.78 is 5.52. The third-order valence-electron chi connectivity index (χ3n) is 4.27. The first kappa shape index (κ1) is 16.8. The van der Waals surface area contributed by atoms with E-state index in [0.29, 0.717) is 17.0 Å². The van der Waals surface area contributed by atoms with Gasteiger partial charge in [-0.15, -0.1) is 11.6 Å². The average Bonchev–Trinajstić information content (AvgIpc) is 2.43. The summed E-state index contributed by atoms with van der Waals surface area (Å²) >= 11 is 5.70. The molecule has 1 atom stereocenters. The summed E-state index contributed by atoms with van der Waals surface area (Å²) in [6, 6.07) is 3.66. The predicted octanol–water partition coefficient (Wildman–Crippen LogP) is 3.76. The number of halogens is 1. The number of Topliss-reactive ketones (excluding diaryl/α,β-unsaturated/α-hetero) is 1. The van der Waals surface area contributed by atoms with Crippen LogP contribution in [0.4, 0.5) is 5.69 Å². The van der Waals surface area contributed by atoms with Crippen LogP contribution >= 0.6 is 11.6 Å². The lowest BCUT2D eigenvalue weighted by molar-refractivity contribution is -0.117. The lowest BCUT2D eigenvalue weighted by Crippen LogP contribution is -2.51. The van der Waals surface area contributed by atoms with Crippen molar-refractivity contribution in [2.45, 2.75) is 45.6 Å². The van der Waals surface area contributed by atoms with Gasteiger partial charge in [0, 0.05) is 12.5 Å². The highest BCUT2D eigenvalue weighted by Gasteiger charge is 2.41. The third-order valence-corrected chi connectivity index (χ3v) is 4.51. The minimum atomic E-state index is -0.339. The highest BCUT2D eigenvalue weighted by atomic mass is 35.5. The summed E-state index contributed by atoms with van der Waals surface area (Å²) in [7, 11) is 1.52. The number of carbonyl (C=O) groups is 2. The Morgan fingerprint density at radius 1 is 1.41 bits per heavy atom. The maximum atomic E-state index is 12.3. The lowest BCUT2D eigenvalue weighted by Gasteiger charge is -2.46. The molecule has 0 saturated heterocycles. The first-order chi connectivity index (χ1) is 10.2. The van der Waals surface area contributed by atoms with E-state index in [9.17, 15) is 9.59 Å². The molecule has 0 aromatic heterocycles. The average molecular weight is 324 g/mol. The molecular weight excluding hydrogens is 302 g/mol. The van der Waals surface area contributed by atoms with Crippen molar-refractivity contribution in [2.75, 3.05) is 17.9 Å². The summed E-state index contributed by atoms with van der Waals surface area (Å²) in [6.07, 6.45) is 0.853. The van der Waals surface area contributed by atoms with Gasteiger partial charge >= 0.3 is 0 Å². The van der Waals surface area contributed by atoms with Crippen LogP contribution in [0, 0.1) is 0 Å². The van der Waals surface area contributed by atoms with Crippen molar-refractivity contribution in [1.29, 1.82) is 0 Å². The lowest BCUT2D eigenvalue weighted by atomic mass is 9.79. The zero-order valence-corrected chi connectivity index (χ0v) is 14.5. The van der Waals surface area contributed by atoms with Crippen molar-refractivity contribution in [3.05, 3.63) is 23.3 Å². The standard InChI is InChI=1S/C17H22ClNO3/c1-10-8-17(3,4)19(11(2)20)15-12(10)6-7-13(14(21)9-18)16(15)22-5/h6-7,10H,8-9H2,1-5H3. The molecule has 1 aromatic carbocycles. The van der Waals surface area contributed by atoms with Gasteiger partial charge in [0.15, 0.2) is 11.5 Å². The predicted molar refractivity (Wildman–Crippen MR) is 88.3 cm³/mol. The van der Waals surface area contributed by atoms with E-state index < -0.39 is 0 Å². The van der Waals surface area contributed by atoms with E-state index in [0.717, 1.165) is 12.0 Å². The van der Waals surface area contributed by atoms with Crippen LogP contribution < -0.4 is 9.64 Å². The fourth-order valence-electron chi connectivity index (χ4n) is 3.55. The second-order valence-electron chi connectivity index (χ2n) is 6.41. The van der Waals surface area contributed by atoms with Gasteiger partial charge in [0.25, 0.3) is 0 Å². The number of anilines is 1. The Hall–Kier alpha value is -1.55. The SMILES string of the molecule is COc1c(C(=O)CCl)ccc2c1N(C(C)=O)C(C)(C)CC2C. The van der Waals surface area contributed by atoms with Gasteiger partial charge in [-0.25, -0.2) is 0 Å². The molecule has 0 N–H and O–H groups in total. The first-order valence-corrected chi connectivity index (χ1v) is 7.89. The van der Waals surface area contributed by atoms with Gasteiger partial charge in [0.2, 0.25) is 5.91 Å². The smallest absolute Gasteiger partial charge is 0.224 e. The van der Waals surface area contributed by atoms with Crippen molar-refractivity contribution >= 4 is 29.0 Å². The molecule has 0 fully saturated rings. The number of methoxy groups -OCH3 is 1. The Morgan fingerprint density at radius 3 is 2.55 bits per heavy atom. The van der Waals surface area contributed by atoms with Crippen molar-refractivity contribution in [3.8, 4) is 5.75 Å². The van der Waals surface area contributed by atoms with E-state index in [4.69, 9.17) is 16.3 Å². The van der Waals surface area contributed by atoms with Crippen LogP contribution in [0.25, 0.3) is 0 Å². The molecule has 1 heterocycles. The first-order valence-electron chi connectivity index (χ1n) is 7.35. The molecule has 1 unspecified atom stereocenters. The Balaban J connectivity index is 2.79. The van der Waals surface area contributed by atoms with E-state index in [2.05, 4.69) is 6.92 Å². The molecule has 0 radical (unpaired) electrons. The van der Waals surface area contributed by atoms with E-state index in [-0.39, 0.29) is 29.0 Å². The molecule has 22 heavy (non-hydrogen) atoms. The number of alkyl halides is 1. The van der Waals surface area contributed by atoms with Crippen molar-refractivity contribution < 1.29 is 14.3 Å². The number of rotatable bonds is 3. The minimum absolute atomic E-state index is 0.0630. The molecule has 0 spiro atoms. The fourth-order valence-corrected chi connectivity index (χ4v) is 3.69. The quantitative estimate of drug-likeness (QED) is 0.628. The van der Waals surface area contributed by atoms with E-state index in [1.54, 1.807) is 11.0 Å². The van der Waals surface area contributed by atoms with E-state index in [1.165, 1.54) is 14.0 Å². The molecule has 0 bridgehead atoms. The van der Waals surface area contributed by atoms with Crippen LogP contribution in [0.15, 0.2) is 12.1 Å². The monoisotopic (exact) mass is 323 g/mol. The van der Waals surface area contributed by atoms with Crippen LogP contribution in [-0.2, 0) is 4.79 Å².